The molecule has 0 saturated carbocycles. The number of benzene rings is 2. The molecule has 0 saturated heterocycles. The van der Waals surface area contributed by atoms with E-state index in [0.29, 0.717) is 5.75 Å². The molecule has 2 aromatic carbocycles. The number of nitrogens with one attached hydrogen (secondary N) is 1. The van der Waals surface area contributed by atoms with Crippen LogP contribution in [0.1, 0.15) is 6.92 Å². The van der Waals surface area contributed by atoms with Gasteiger partial charge in [0.25, 0.3) is 0 Å². The number of sulfonamides is 1. The van der Waals surface area contributed by atoms with Gasteiger partial charge in [0.2, 0.25) is 15.9 Å². The van der Waals surface area contributed by atoms with E-state index >= 15 is 0 Å². The predicted octanol–water partition coefficient (Wildman–Crippen LogP) is 2.18. The third-order valence-electron chi connectivity index (χ3n) is 3.58. The van der Waals surface area contributed by atoms with Crippen LogP contribution in [-0.2, 0) is 14.8 Å². The number of para-hydroxylation sites is 1. The van der Waals surface area contributed by atoms with Crippen molar-refractivity contribution in [2.24, 2.45) is 0 Å². The van der Waals surface area contributed by atoms with E-state index in [4.69, 9.17) is 4.74 Å². The topological polar surface area (TPSA) is 75.7 Å². The third-order valence-corrected chi connectivity index (χ3v) is 4.82. The van der Waals surface area contributed by atoms with E-state index in [-0.39, 0.29) is 18.8 Å². The molecule has 0 fully saturated rings. The summed E-state index contributed by atoms with van der Waals surface area (Å²) in [4.78, 5) is 12.3. The monoisotopic (exact) mass is 380 g/mol. The number of hydrogen-bond acceptors (Lipinski definition) is 4. The minimum Gasteiger partial charge on any atom is -0.492 e. The Morgan fingerprint density at radius 2 is 1.77 bits per heavy atom. The molecule has 0 radical (unpaired) electrons. The highest BCUT2D eigenvalue weighted by Gasteiger charge is 2.28. The van der Waals surface area contributed by atoms with Crippen LogP contribution < -0.4 is 14.4 Å². The van der Waals surface area contributed by atoms with Gasteiger partial charge in [-0.1, -0.05) is 18.2 Å². The quantitative estimate of drug-likeness (QED) is 0.712. The van der Waals surface area contributed by atoms with Crippen molar-refractivity contribution in [1.82, 2.24) is 5.32 Å². The number of hydrogen-bond donors (Lipinski definition) is 1. The lowest BCUT2D eigenvalue weighted by Crippen LogP contribution is -2.48. The lowest BCUT2D eigenvalue weighted by Gasteiger charge is -2.28. The van der Waals surface area contributed by atoms with Gasteiger partial charge >= 0.3 is 0 Å². The van der Waals surface area contributed by atoms with Crippen molar-refractivity contribution in [2.45, 2.75) is 13.0 Å². The van der Waals surface area contributed by atoms with Crippen molar-refractivity contribution in [3.63, 3.8) is 0 Å². The lowest BCUT2D eigenvalue weighted by atomic mass is 10.2. The highest BCUT2D eigenvalue weighted by atomic mass is 32.2. The van der Waals surface area contributed by atoms with Gasteiger partial charge in [0.05, 0.1) is 18.5 Å². The lowest BCUT2D eigenvalue weighted by molar-refractivity contribution is -0.121. The Hall–Kier alpha value is -2.61. The molecule has 8 heteroatoms. The molecule has 0 aliphatic rings. The van der Waals surface area contributed by atoms with Gasteiger partial charge in [0, 0.05) is 0 Å². The van der Waals surface area contributed by atoms with Gasteiger partial charge in [0.1, 0.15) is 24.2 Å². The Labute approximate surface area is 152 Å². The summed E-state index contributed by atoms with van der Waals surface area (Å²) in [5.41, 5.74) is 0.220. The molecule has 0 bridgehead atoms. The fourth-order valence-corrected chi connectivity index (χ4v) is 3.58. The second kappa shape index (κ2) is 8.66. The Morgan fingerprint density at radius 1 is 1.15 bits per heavy atom. The molecule has 0 aliphatic heterocycles. The van der Waals surface area contributed by atoms with Crippen molar-refractivity contribution < 1.29 is 22.3 Å². The molecule has 2 aromatic rings. The first-order valence-corrected chi connectivity index (χ1v) is 9.84. The summed E-state index contributed by atoms with van der Waals surface area (Å²) in [6.45, 7) is 1.94. The second-order valence-corrected chi connectivity index (χ2v) is 7.52. The maximum Gasteiger partial charge on any atom is 0.243 e. The molecule has 140 valence electrons. The minimum atomic E-state index is -3.73. The first-order chi connectivity index (χ1) is 12.3. The van der Waals surface area contributed by atoms with Gasteiger partial charge in [-0.05, 0) is 43.3 Å². The molecular weight excluding hydrogens is 359 g/mol. The molecule has 0 unspecified atom stereocenters. The average Bonchev–Trinajstić information content (AvgIpc) is 2.60. The molecule has 1 N–H and O–H groups in total. The van der Waals surface area contributed by atoms with Crippen LogP contribution in [0.2, 0.25) is 0 Å². The molecule has 0 heterocycles. The summed E-state index contributed by atoms with van der Waals surface area (Å²) < 4.78 is 43.7. The van der Waals surface area contributed by atoms with Gasteiger partial charge in [-0.25, -0.2) is 12.8 Å². The van der Waals surface area contributed by atoms with Crippen molar-refractivity contribution in [3.05, 3.63) is 60.4 Å². The van der Waals surface area contributed by atoms with Crippen LogP contribution in [0, 0.1) is 5.82 Å². The van der Waals surface area contributed by atoms with E-state index in [9.17, 15) is 17.6 Å². The number of halogens is 1. The largest absolute Gasteiger partial charge is 0.492 e. The standard InChI is InChI=1S/C18H21FN2O4S/c1-14(18(22)20-12-13-25-17-6-4-3-5-7-17)21(26(2,23)24)16-10-8-15(19)9-11-16/h3-11,14H,12-13H2,1-2H3,(H,20,22)/t14-/m0/s1. The van der Waals surface area contributed by atoms with Gasteiger partial charge in [-0.2, -0.15) is 0 Å². The van der Waals surface area contributed by atoms with Gasteiger partial charge in [0.15, 0.2) is 0 Å². The summed E-state index contributed by atoms with van der Waals surface area (Å²) in [6, 6.07) is 13.1. The maximum atomic E-state index is 13.1. The smallest absolute Gasteiger partial charge is 0.243 e. The number of carbonyl (C=O) groups is 1. The zero-order valence-electron chi connectivity index (χ0n) is 14.6. The zero-order valence-corrected chi connectivity index (χ0v) is 15.4. The van der Waals surface area contributed by atoms with Gasteiger partial charge in [-0.3, -0.25) is 9.10 Å². The van der Waals surface area contributed by atoms with Crippen LogP contribution >= 0.6 is 0 Å². The van der Waals surface area contributed by atoms with E-state index < -0.39 is 27.8 Å². The summed E-state index contributed by atoms with van der Waals surface area (Å²) >= 11 is 0. The van der Waals surface area contributed by atoms with Gasteiger partial charge in [-0.15, -0.1) is 0 Å². The number of amides is 1. The molecule has 0 aromatic heterocycles. The van der Waals surface area contributed by atoms with E-state index in [1.807, 2.05) is 18.2 Å². The maximum absolute atomic E-state index is 13.1. The van der Waals surface area contributed by atoms with Crippen molar-refractivity contribution in [1.29, 1.82) is 0 Å². The molecule has 26 heavy (non-hydrogen) atoms. The van der Waals surface area contributed by atoms with Crippen LogP contribution in [0.4, 0.5) is 10.1 Å². The number of carbonyl (C=O) groups excluding carboxylic acids is 1. The Kier molecular flexibility index (Phi) is 6.57. The van der Waals surface area contributed by atoms with Crippen LogP contribution in [0.15, 0.2) is 54.6 Å². The Balaban J connectivity index is 1.98. The fraction of sp³-hybridized carbons (Fsp3) is 0.278. The summed E-state index contributed by atoms with van der Waals surface area (Å²) in [6.07, 6.45) is 0.999. The summed E-state index contributed by atoms with van der Waals surface area (Å²) in [5.74, 6) is -0.285. The molecule has 0 aliphatic carbocycles. The van der Waals surface area contributed by atoms with E-state index in [0.717, 1.165) is 22.7 Å². The first-order valence-electron chi connectivity index (χ1n) is 7.99. The third kappa shape index (κ3) is 5.45. The van der Waals surface area contributed by atoms with Gasteiger partial charge < -0.3 is 10.1 Å². The van der Waals surface area contributed by atoms with E-state index in [1.165, 1.54) is 19.1 Å². The highest BCUT2D eigenvalue weighted by Crippen LogP contribution is 2.21. The van der Waals surface area contributed by atoms with E-state index in [1.54, 1.807) is 12.1 Å². The van der Waals surface area contributed by atoms with Crippen LogP contribution in [0.25, 0.3) is 0 Å². The minimum absolute atomic E-state index is 0.220. The summed E-state index contributed by atoms with van der Waals surface area (Å²) in [5, 5.41) is 2.64. The molecular formula is C18H21FN2O4S. The molecule has 2 rings (SSSR count). The normalized spacial score (nSPS) is 12.3. The molecule has 1 amide bonds. The molecule has 0 spiro atoms. The molecule has 6 nitrogen and oxygen atoms in total. The number of nitrogens with zero attached hydrogens (tertiary/aromatic N) is 1. The Bertz CT molecular complexity index is 826. The molecule has 1 atom stereocenters. The Morgan fingerprint density at radius 3 is 2.35 bits per heavy atom. The summed E-state index contributed by atoms with van der Waals surface area (Å²) in [7, 11) is -3.73. The van der Waals surface area contributed by atoms with Crippen molar-refractivity contribution in [2.75, 3.05) is 23.7 Å². The van der Waals surface area contributed by atoms with Crippen LogP contribution in [0.5, 0.6) is 5.75 Å². The second-order valence-electron chi connectivity index (χ2n) is 5.66. The van der Waals surface area contributed by atoms with Crippen molar-refractivity contribution >= 4 is 21.6 Å². The predicted molar refractivity (Wildman–Crippen MR) is 98.1 cm³/mol. The number of ether oxygens (including phenoxy) is 1. The van der Waals surface area contributed by atoms with E-state index in [2.05, 4.69) is 5.32 Å². The van der Waals surface area contributed by atoms with Crippen LogP contribution in [0.3, 0.4) is 0 Å². The zero-order chi connectivity index (χ0) is 19.2. The number of rotatable bonds is 8. The SMILES string of the molecule is C[C@@H](C(=O)NCCOc1ccccc1)N(c1ccc(F)cc1)S(C)(=O)=O. The highest BCUT2D eigenvalue weighted by molar-refractivity contribution is 7.92. The average molecular weight is 380 g/mol. The van der Waals surface area contributed by atoms with Crippen molar-refractivity contribution in [3.8, 4) is 5.75 Å². The first kappa shape index (κ1) is 19.7. The fourth-order valence-electron chi connectivity index (χ4n) is 2.40. The van der Waals surface area contributed by atoms with Crippen LogP contribution in [-0.4, -0.2) is 39.8 Å². The number of anilines is 1.